The third-order valence-corrected chi connectivity index (χ3v) is 6.14. The zero-order valence-electron chi connectivity index (χ0n) is 19.9. The number of methoxy groups -OCH3 is 2. The Morgan fingerprint density at radius 1 is 1.14 bits per heavy atom. The van der Waals surface area contributed by atoms with Gasteiger partial charge in [0.25, 0.3) is 5.91 Å². The molecule has 4 rings (SSSR count). The van der Waals surface area contributed by atoms with Crippen LogP contribution in [0.1, 0.15) is 16.4 Å². The minimum absolute atomic E-state index is 0.239. The highest BCUT2D eigenvalue weighted by Crippen LogP contribution is 2.33. The minimum Gasteiger partial charge on any atom is -0.493 e. The van der Waals surface area contributed by atoms with Crippen LogP contribution >= 0.6 is 0 Å². The van der Waals surface area contributed by atoms with Crippen LogP contribution in [0.15, 0.2) is 48.7 Å². The third kappa shape index (κ3) is 4.75. The Bertz CT molecular complexity index is 1220. The Labute approximate surface area is 206 Å². The molecule has 5 atom stereocenters. The summed E-state index contributed by atoms with van der Waals surface area (Å²) in [5.74, 6) is -0.180. The molecule has 3 aromatic rings. The van der Waals surface area contributed by atoms with E-state index in [9.17, 15) is 24.5 Å². The van der Waals surface area contributed by atoms with E-state index in [1.165, 1.54) is 62.5 Å². The van der Waals surface area contributed by atoms with Gasteiger partial charge in [0.2, 0.25) is 0 Å². The lowest BCUT2D eigenvalue weighted by molar-refractivity contribution is -0.235. The van der Waals surface area contributed by atoms with E-state index in [1.807, 2.05) is 0 Å². The smallest absolute Gasteiger partial charge is 0.255 e. The second-order valence-electron chi connectivity index (χ2n) is 8.30. The topological polar surface area (TPSA) is 139 Å². The summed E-state index contributed by atoms with van der Waals surface area (Å²) >= 11 is 0. The van der Waals surface area contributed by atoms with E-state index in [-0.39, 0.29) is 5.56 Å². The van der Waals surface area contributed by atoms with Gasteiger partial charge in [-0.3, -0.25) is 4.79 Å². The number of carbonyl (C=O) groups excluding carboxylic acids is 1. The molecule has 2 heterocycles. The molecule has 0 unspecified atom stereocenters. The lowest BCUT2D eigenvalue weighted by Gasteiger charge is -2.45. The predicted octanol–water partition coefficient (Wildman–Crippen LogP) is 0.854. The Balaban J connectivity index is 1.63. The Hall–Kier alpha value is -3.58. The van der Waals surface area contributed by atoms with E-state index in [4.69, 9.17) is 14.2 Å². The van der Waals surface area contributed by atoms with E-state index in [2.05, 4.69) is 10.3 Å². The quantitative estimate of drug-likeness (QED) is 0.429. The molecule has 1 fully saturated rings. The largest absolute Gasteiger partial charge is 0.493 e. The molecule has 1 amide bonds. The van der Waals surface area contributed by atoms with E-state index >= 15 is 0 Å². The zero-order valence-corrected chi connectivity index (χ0v) is 19.9. The number of amides is 1. The number of carbonyl (C=O) groups is 1. The highest BCUT2D eigenvalue weighted by Gasteiger charge is 2.48. The number of ether oxygens (including phenoxy) is 3. The predicted molar refractivity (Wildman–Crippen MR) is 124 cm³/mol. The van der Waals surface area contributed by atoms with Crippen LogP contribution in [0.5, 0.6) is 11.5 Å². The van der Waals surface area contributed by atoms with Crippen molar-refractivity contribution < 1.29 is 38.7 Å². The molecule has 36 heavy (non-hydrogen) atoms. The fourth-order valence-corrected chi connectivity index (χ4v) is 4.21. The number of nitrogens with zero attached hydrogens (tertiary/aromatic N) is 4. The Morgan fingerprint density at radius 2 is 1.89 bits per heavy atom. The first kappa shape index (κ1) is 25.5. The van der Waals surface area contributed by atoms with Crippen molar-refractivity contribution in [2.75, 3.05) is 27.9 Å². The van der Waals surface area contributed by atoms with E-state index < -0.39 is 48.9 Å². The maximum Gasteiger partial charge on any atom is 0.255 e. The molecule has 1 saturated heterocycles. The van der Waals surface area contributed by atoms with Crippen molar-refractivity contribution in [1.29, 1.82) is 0 Å². The second-order valence-corrected chi connectivity index (χ2v) is 8.30. The number of rotatable bonds is 7. The summed E-state index contributed by atoms with van der Waals surface area (Å²) in [5.41, 5.74) is 1.00. The lowest BCUT2D eigenvalue weighted by atomic mass is 9.94. The highest BCUT2D eigenvalue weighted by molar-refractivity contribution is 5.95. The average molecular weight is 502 g/mol. The third-order valence-electron chi connectivity index (χ3n) is 6.14. The number of hydrogen-bond acceptors (Lipinski definition) is 9. The molecule has 0 spiro atoms. The van der Waals surface area contributed by atoms with Crippen LogP contribution in [0.2, 0.25) is 0 Å². The molecule has 12 heteroatoms. The van der Waals surface area contributed by atoms with Gasteiger partial charge < -0.3 is 34.4 Å². The molecule has 0 saturated carbocycles. The van der Waals surface area contributed by atoms with Crippen molar-refractivity contribution in [2.45, 2.75) is 30.6 Å². The molecule has 1 aliphatic heterocycles. The average Bonchev–Trinajstić information content (AvgIpc) is 3.37. The number of benzene rings is 2. The fraction of sp³-hybridized carbons (Fsp3) is 0.375. The van der Waals surface area contributed by atoms with Crippen molar-refractivity contribution in [1.82, 2.24) is 19.9 Å². The van der Waals surface area contributed by atoms with Crippen LogP contribution < -0.4 is 9.47 Å². The van der Waals surface area contributed by atoms with Crippen LogP contribution in [-0.2, 0) is 4.74 Å². The first-order chi connectivity index (χ1) is 17.3. The maximum atomic E-state index is 13.6. The number of aromatic nitrogens is 3. The molecular formula is C24H27FN4O7. The van der Waals surface area contributed by atoms with Crippen LogP contribution in [0, 0.1) is 5.82 Å². The van der Waals surface area contributed by atoms with E-state index in [0.717, 1.165) is 4.90 Å². The molecule has 2 aromatic carbocycles. The standard InChI is InChI=1S/C24H27FN4O7/c1-28(23(33)14-7-8-17(34-2)18(10-14)35-3)24-22(32)20(21(31)19(12-30)36-24)29-11-16(26-27-29)13-5-4-6-15(25)9-13/h4-11,19-22,24,30-32H,12H2,1-3H3/t19-,20+,21+,22-,24-/m1/s1. The molecule has 11 nitrogen and oxygen atoms in total. The molecule has 192 valence electrons. The molecule has 1 aromatic heterocycles. The van der Waals surface area contributed by atoms with Gasteiger partial charge in [-0.1, -0.05) is 17.3 Å². The van der Waals surface area contributed by atoms with Crippen molar-refractivity contribution in [3.8, 4) is 22.8 Å². The van der Waals surface area contributed by atoms with Crippen molar-refractivity contribution in [3.05, 3.63) is 60.0 Å². The monoisotopic (exact) mass is 502 g/mol. The van der Waals surface area contributed by atoms with Crippen LogP contribution in [0.3, 0.4) is 0 Å². The van der Waals surface area contributed by atoms with E-state index in [1.54, 1.807) is 12.1 Å². The Kier molecular flexibility index (Phi) is 7.50. The lowest BCUT2D eigenvalue weighted by Crippen LogP contribution is -2.61. The number of aliphatic hydroxyl groups excluding tert-OH is 3. The fourth-order valence-electron chi connectivity index (χ4n) is 4.21. The van der Waals surface area contributed by atoms with Gasteiger partial charge in [0.1, 0.15) is 35.9 Å². The van der Waals surface area contributed by atoms with Gasteiger partial charge in [-0.15, -0.1) is 5.10 Å². The first-order valence-electron chi connectivity index (χ1n) is 11.1. The van der Waals surface area contributed by atoms with Crippen molar-refractivity contribution in [2.24, 2.45) is 0 Å². The first-order valence-corrected chi connectivity index (χ1v) is 11.1. The molecule has 3 N–H and O–H groups in total. The van der Waals surface area contributed by atoms with Crippen LogP contribution in [0.4, 0.5) is 4.39 Å². The van der Waals surface area contributed by atoms with Crippen LogP contribution in [-0.4, -0.2) is 93.5 Å². The van der Waals surface area contributed by atoms with Gasteiger partial charge in [-0.2, -0.15) is 0 Å². The van der Waals surface area contributed by atoms with Gasteiger partial charge in [-0.25, -0.2) is 9.07 Å². The summed E-state index contributed by atoms with van der Waals surface area (Å²) in [6, 6.07) is 9.21. The zero-order chi connectivity index (χ0) is 26.0. The summed E-state index contributed by atoms with van der Waals surface area (Å²) in [5, 5.41) is 39.9. The number of aliphatic hydroxyl groups is 3. The second kappa shape index (κ2) is 10.6. The summed E-state index contributed by atoms with van der Waals surface area (Å²) < 4.78 is 31.0. The van der Waals surface area contributed by atoms with Crippen molar-refractivity contribution >= 4 is 5.91 Å². The van der Waals surface area contributed by atoms with Gasteiger partial charge in [0.05, 0.1) is 27.0 Å². The number of halogens is 1. The maximum absolute atomic E-state index is 13.6. The summed E-state index contributed by atoms with van der Waals surface area (Å²) in [7, 11) is 4.34. The van der Waals surface area contributed by atoms with Gasteiger partial charge >= 0.3 is 0 Å². The molecule has 0 radical (unpaired) electrons. The molecule has 1 aliphatic rings. The summed E-state index contributed by atoms with van der Waals surface area (Å²) in [4.78, 5) is 14.4. The van der Waals surface area contributed by atoms with Gasteiger partial charge in [0, 0.05) is 18.2 Å². The van der Waals surface area contributed by atoms with Crippen molar-refractivity contribution in [3.63, 3.8) is 0 Å². The molecule has 0 bridgehead atoms. The molecular weight excluding hydrogens is 475 g/mol. The number of hydrogen-bond donors (Lipinski definition) is 3. The normalized spacial score (nSPS) is 23.8. The van der Waals surface area contributed by atoms with E-state index in [0.29, 0.717) is 22.8 Å². The minimum atomic E-state index is -1.46. The SMILES string of the molecule is COc1ccc(C(=O)N(C)[C@@H]2O[C@H](CO)[C@H](O)[C@H](n3cc(-c4cccc(F)c4)nn3)[C@H]2O)cc1OC. The molecule has 0 aliphatic carbocycles. The summed E-state index contributed by atoms with van der Waals surface area (Å²) in [6.07, 6.45) is -3.78. The summed E-state index contributed by atoms with van der Waals surface area (Å²) in [6.45, 7) is -0.579. The van der Waals surface area contributed by atoms with Gasteiger partial charge in [-0.05, 0) is 30.3 Å². The van der Waals surface area contributed by atoms with Gasteiger partial charge in [0.15, 0.2) is 17.7 Å². The highest BCUT2D eigenvalue weighted by atomic mass is 19.1. The van der Waals surface area contributed by atoms with Crippen LogP contribution in [0.25, 0.3) is 11.3 Å². The number of likely N-dealkylation sites (N-methyl/N-ethyl adjacent to an activating group) is 1. The Morgan fingerprint density at radius 3 is 2.56 bits per heavy atom.